The van der Waals surface area contributed by atoms with Crippen molar-refractivity contribution in [3.8, 4) is 0 Å². The van der Waals surface area contributed by atoms with Crippen molar-refractivity contribution in [1.29, 1.82) is 0 Å². The molecule has 0 saturated heterocycles. The number of nitrogens with one attached hydrogen (secondary N) is 1. The van der Waals surface area contributed by atoms with Crippen LogP contribution in [0.2, 0.25) is 0 Å². The lowest BCUT2D eigenvalue weighted by Gasteiger charge is -2.14. The number of rotatable bonds is 3. The molecule has 1 aliphatic rings. The highest BCUT2D eigenvalue weighted by atomic mass is 16.5. The molecule has 0 aliphatic heterocycles. The Morgan fingerprint density at radius 1 is 1.23 bits per heavy atom. The van der Waals surface area contributed by atoms with Crippen LogP contribution in [0.3, 0.4) is 0 Å². The van der Waals surface area contributed by atoms with E-state index in [1.165, 1.54) is 25.8 Å². The summed E-state index contributed by atoms with van der Waals surface area (Å²) in [6.07, 6.45) is 6.00. The highest BCUT2D eigenvalue weighted by Crippen LogP contribution is 2.32. The van der Waals surface area contributed by atoms with E-state index in [2.05, 4.69) is 15.3 Å². The van der Waals surface area contributed by atoms with Gasteiger partial charge in [0, 0.05) is 12.4 Å². The maximum absolute atomic E-state index is 12.2. The van der Waals surface area contributed by atoms with Crippen LogP contribution in [0.1, 0.15) is 44.3 Å². The molecule has 22 heavy (non-hydrogen) atoms. The molecule has 0 saturated carbocycles. The van der Waals surface area contributed by atoms with Crippen LogP contribution in [0.4, 0.5) is 0 Å². The number of aromatic nitrogens is 2. The highest BCUT2D eigenvalue weighted by Gasteiger charge is 2.25. The van der Waals surface area contributed by atoms with Crippen LogP contribution in [0.15, 0.2) is 36.9 Å². The van der Waals surface area contributed by atoms with E-state index in [1.807, 2.05) is 6.07 Å². The zero-order valence-corrected chi connectivity index (χ0v) is 12.1. The van der Waals surface area contributed by atoms with Gasteiger partial charge in [0.05, 0.1) is 24.3 Å². The number of nitrogens with zero attached hydrogens (tertiary/aromatic N) is 2. The van der Waals surface area contributed by atoms with Gasteiger partial charge in [-0.15, -0.1) is 0 Å². The van der Waals surface area contributed by atoms with Gasteiger partial charge in [-0.1, -0.05) is 6.07 Å². The fourth-order valence-electron chi connectivity index (χ4n) is 2.65. The lowest BCUT2D eigenvalue weighted by atomic mass is 10.0. The Morgan fingerprint density at radius 3 is 2.73 bits per heavy atom. The molecule has 0 fully saturated rings. The summed E-state index contributed by atoms with van der Waals surface area (Å²) in [7, 11) is 1.35. The summed E-state index contributed by atoms with van der Waals surface area (Å²) in [6.45, 7) is 0. The second-order valence-corrected chi connectivity index (χ2v) is 5.10. The van der Waals surface area contributed by atoms with E-state index < -0.39 is 0 Å². The summed E-state index contributed by atoms with van der Waals surface area (Å²) in [5.74, 6) is -0.599. The molecular formula is C16H15N3O3. The number of hydrogen-bond acceptors (Lipinski definition) is 5. The molecule has 0 spiro atoms. The SMILES string of the molecule is COC(=O)c1ccc2c(c1)[C@H](NC(=O)c1cncnc1)CC2. The van der Waals surface area contributed by atoms with Gasteiger partial charge in [0.2, 0.25) is 0 Å². The Labute approximate surface area is 127 Å². The molecule has 2 aromatic rings. The molecule has 3 rings (SSSR count). The predicted octanol–water partition coefficient (Wildman–Crippen LogP) is 1.68. The Morgan fingerprint density at radius 2 is 2.00 bits per heavy atom. The largest absolute Gasteiger partial charge is 0.465 e. The van der Waals surface area contributed by atoms with Gasteiger partial charge in [-0.25, -0.2) is 14.8 Å². The van der Waals surface area contributed by atoms with E-state index in [-0.39, 0.29) is 17.9 Å². The Balaban J connectivity index is 1.81. The van der Waals surface area contributed by atoms with Gasteiger partial charge in [-0.2, -0.15) is 0 Å². The number of aryl methyl sites for hydroxylation is 1. The molecule has 1 amide bonds. The van der Waals surface area contributed by atoms with Crippen LogP contribution in [0.5, 0.6) is 0 Å². The van der Waals surface area contributed by atoms with Crippen LogP contribution in [-0.2, 0) is 11.2 Å². The van der Waals surface area contributed by atoms with Crippen molar-refractivity contribution in [2.24, 2.45) is 0 Å². The molecule has 1 aliphatic carbocycles. The van der Waals surface area contributed by atoms with E-state index in [0.717, 1.165) is 24.0 Å². The lowest BCUT2D eigenvalue weighted by Crippen LogP contribution is -2.27. The number of methoxy groups -OCH3 is 1. The predicted molar refractivity (Wildman–Crippen MR) is 78.3 cm³/mol. The molecule has 6 heteroatoms. The van der Waals surface area contributed by atoms with Crippen LogP contribution < -0.4 is 5.32 Å². The molecule has 1 heterocycles. The first-order valence-electron chi connectivity index (χ1n) is 6.96. The molecule has 1 atom stereocenters. The number of fused-ring (bicyclic) bond motifs is 1. The van der Waals surface area contributed by atoms with E-state index in [9.17, 15) is 9.59 Å². The van der Waals surface area contributed by atoms with Crippen LogP contribution in [-0.4, -0.2) is 29.0 Å². The zero-order valence-electron chi connectivity index (χ0n) is 12.1. The van der Waals surface area contributed by atoms with Crippen LogP contribution >= 0.6 is 0 Å². The minimum atomic E-state index is -0.378. The third-order valence-electron chi connectivity index (χ3n) is 3.77. The minimum Gasteiger partial charge on any atom is -0.465 e. The Kier molecular flexibility index (Phi) is 3.82. The fourth-order valence-corrected chi connectivity index (χ4v) is 2.65. The van der Waals surface area contributed by atoms with Gasteiger partial charge >= 0.3 is 5.97 Å². The van der Waals surface area contributed by atoms with Crippen molar-refractivity contribution in [2.75, 3.05) is 7.11 Å². The summed E-state index contributed by atoms with van der Waals surface area (Å²) in [4.78, 5) is 31.5. The van der Waals surface area contributed by atoms with Crippen LogP contribution in [0.25, 0.3) is 0 Å². The topological polar surface area (TPSA) is 81.2 Å². The van der Waals surface area contributed by atoms with Crippen molar-refractivity contribution < 1.29 is 14.3 Å². The third-order valence-corrected chi connectivity index (χ3v) is 3.77. The zero-order chi connectivity index (χ0) is 15.5. The van der Waals surface area contributed by atoms with Crippen molar-refractivity contribution in [1.82, 2.24) is 15.3 Å². The Bertz CT molecular complexity index is 716. The first-order chi connectivity index (χ1) is 10.7. The van der Waals surface area contributed by atoms with Crippen molar-refractivity contribution >= 4 is 11.9 Å². The first-order valence-corrected chi connectivity index (χ1v) is 6.96. The maximum Gasteiger partial charge on any atom is 0.337 e. The highest BCUT2D eigenvalue weighted by molar-refractivity contribution is 5.94. The first kappa shape index (κ1) is 14.2. The summed E-state index contributed by atoms with van der Waals surface area (Å²) in [5.41, 5.74) is 3.01. The quantitative estimate of drug-likeness (QED) is 0.872. The number of ether oxygens (including phenoxy) is 1. The molecule has 1 N–H and O–H groups in total. The van der Waals surface area contributed by atoms with Crippen molar-refractivity contribution in [3.63, 3.8) is 0 Å². The van der Waals surface area contributed by atoms with Gasteiger partial charge in [0.25, 0.3) is 5.91 Å². The van der Waals surface area contributed by atoms with Gasteiger partial charge in [0.15, 0.2) is 0 Å². The number of carbonyl (C=O) groups excluding carboxylic acids is 2. The van der Waals surface area contributed by atoms with Crippen molar-refractivity contribution in [3.05, 3.63) is 59.2 Å². The number of carbonyl (C=O) groups is 2. The van der Waals surface area contributed by atoms with Gasteiger partial charge in [-0.05, 0) is 36.1 Å². The smallest absolute Gasteiger partial charge is 0.337 e. The van der Waals surface area contributed by atoms with E-state index in [0.29, 0.717) is 11.1 Å². The summed E-state index contributed by atoms with van der Waals surface area (Å²) in [5, 5.41) is 2.96. The summed E-state index contributed by atoms with van der Waals surface area (Å²) < 4.78 is 4.74. The van der Waals surface area contributed by atoms with Crippen molar-refractivity contribution in [2.45, 2.75) is 18.9 Å². The molecule has 6 nitrogen and oxygen atoms in total. The third kappa shape index (κ3) is 2.67. The van der Waals surface area contributed by atoms with Gasteiger partial charge in [0.1, 0.15) is 6.33 Å². The van der Waals surface area contributed by atoms with E-state index in [1.54, 1.807) is 12.1 Å². The molecule has 0 bridgehead atoms. The average Bonchev–Trinajstić information content (AvgIpc) is 2.97. The summed E-state index contributed by atoms with van der Waals surface area (Å²) >= 11 is 0. The average molecular weight is 297 g/mol. The Hall–Kier alpha value is -2.76. The maximum atomic E-state index is 12.2. The number of esters is 1. The van der Waals surface area contributed by atoms with Gasteiger partial charge in [-0.3, -0.25) is 4.79 Å². The molecule has 112 valence electrons. The molecular weight excluding hydrogens is 282 g/mol. The van der Waals surface area contributed by atoms with Gasteiger partial charge < -0.3 is 10.1 Å². The number of amides is 1. The normalized spacial score (nSPS) is 16.0. The lowest BCUT2D eigenvalue weighted by molar-refractivity contribution is 0.0600. The second-order valence-electron chi connectivity index (χ2n) is 5.10. The molecule has 0 radical (unpaired) electrons. The molecule has 1 aromatic carbocycles. The fraction of sp³-hybridized carbons (Fsp3) is 0.250. The second kappa shape index (κ2) is 5.93. The number of hydrogen-bond donors (Lipinski definition) is 1. The molecule has 1 aromatic heterocycles. The standard InChI is InChI=1S/C16H15N3O3/c1-22-16(21)11-3-2-10-4-5-14(13(10)6-11)19-15(20)12-7-17-9-18-8-12/h2-3,6-9,14H,4-5H2,1H3,(H,19,20)/t14-/m1/s1. The van der Waals surface area contributed by atoms with E-state index in [4.69, 9.17) is 4.74 Å². The summed E-state index contributed by atoms with van der Waals surface area (Å²) in [6, 6.07) is 5.34. The number of benzene rings is 1. The van der Waals surface area contributed by atoms with E-state index >= 15 is 0 Å². The molecule has 0 unspecified atom stereocenters. The minimum absolute atomic E-state index is 0.118. The monoisotopic (exact) mass is 297 g/mol. The van der Waals surface area contributed by atoms with Crippen LogP contribution in [0, 0.1) is 0 Å².